The second-order valence-corrected chi connectivity index (χ2v) is 7.01. The predicted molar refractivity (Wildman–Crippen MR) is 87.6 cm³/mol. The van der Waals surface area contributed by atoms with Gasteiger partial charge in [0.05, 0.1) is 13.2 Å². The van der Waals surface area contributed by atoms with Crippen LogP contribution in [-0.4, -0.2) is 42.6 Å². The van der Waals surface area contributed by atoms with Crippen molar-refractivity contribution in [2.75, 3.05) is 19.7 Å². The van der Waals surface area contributed by atoms with Crippen molar-refractivity contribution in [1.82, 2.24) is 10.2 Å². The van der Waals surface area contributed by atoms with Gasteiger partial charge in [-0.25, -0.2) is 9.18 Å². The highest BCUT2D eigenvalue weighted by atomic mass is 19.1. The lowest BCUT2D eigenvalue weighted by molar-refractivity contribution is -0.143. The van der Waals surface area contributed by atoms with Crippen LogP contribution in [0.15, 0.2) is 24.3 Å². The number of nitrogens with two attached hydrogens (primary N) is 1. The highest BCUT2D eigenvalue weighted by Gasteiger charge is 2.37. The molecular formula is C17H24FN3O3. The quantitative estimate of drug-likeness (QED) is 0.882. The molecule has 1 aliphatic rings. The number of nitrogens with zero attached hydrogens (tertiary/aromatic N) is 1. The van der Waals surface area contributed by atoms with Gasteiger partial charge in [0, 0.05) is 6.54 Å². The number of benzene rings is 1. The Bertz CT molecular complexity index is 615. The first-order valence-electron chi connectivity index (χ1n) is 7.90. The maximum Gasteiger partial charge on any atom is 0.312 e. The summed E-state index contributed by atoms with van der Waals surface area (Å²) in [5.41, 5.74) is 5.40. The molecule has 6 nitrogen and oxygen atoms in total. The van der Waals surface area contributed by atoms with Crippen LogP contribution in [0.25, 0.3) is 0 Å². The molecule has 0 bridgehead atoms. The van der Waals surface area contributed by atoms with Crippen LogP contribution in [0, 0.1) is 11.2 Å². The van der Waals surface area contributed by atoms with Gasteiger partial charge in [-0.2, -0.15) is 0 Å². The third kappa shape index (κ3) is 4.44. The average molecular weight is 337 g/mol. The van der Waals surface area contributed by atoms with Gasteiger partial charge >= 0.3 is 6.03 Å². The molecule has 0 unspecified atom stereocenters. The van der Waals surface area contributed by atoms with Crippen LogP contribution in [0.1, 0.15) is 32.4 Å². The van der Waals surface area contributed by atoms with Gasteiger partial charge in [0.15, 0.2) is 0 Å². The third-order valence-electron chi connectivity index (χ3n) is 4.00. The fourth-order valence-electron chi connectivity index (χ4n) is 2.73. The number of hydrogen-bond acceptors (Lipinski definition) is 3. The van der Waals surface area contributed by atoms with Crippen LogP contribution in [0.2, 0.25) is 0 Å². The molecule has 3 N–H and O–H groups in total. The van der Waals surface area contributed by atoms with Crippen LogP contribution in [0.3, 0.4) is 0 Å². The van der Waals surface area contributed by atoms with Gasteiger partial charge in [0.1, 0.15) is 18.0 Å². The first kappa shape index (κ1) is 18.2. The van der Waals surface area contributed by atoms with E-state index in [1.807, 2.05) is 20.8 Å². The van der Waals surface area contributed by atoms with E-state index in [9.17, 15) is 14.0 Å². The summed E-state index contributed by atoms with van der Waals surface area (Å²) in [5, 5.41) is 2.53. The van der Waals surface area contributed by atoms with Gasteiger partial charge in [-0.15, -0.1) is 0 Å². The number of ether oxygens (including phenoxy) is 1. The van der Waals surface area contributed by atoms with Gasteiger partial charge in [0.25, 0.3) is 0 Å². The smallest absolute Gasteiger partial charge is 0.312 e. The number of nitrogens with one attached hydrogen (secondary N) is 1. The molecule has 1 aromatic rings. The number of hydrogen-bond donors (Lipinski definition) is 2. The number of primary amides is 1. The number of carbonyl (C=O) groups excluding carboxylic acids is 2. The SMILES string of the molecule is CC(C)(C)[C@@H](NC(N)=O)C(=O)N1CCO[C@@H](c2cccc(F)c2)C1. The topological polar surface area (TPSA) is 84.7 Å². The molecule has 1 aliphatic heterocycles. The van der Waals surface area contributed by atoms with E-state index < -0.39 is 23.6 Å². The number of amides is 3. The fourth-order valence-corrected chi connectivity index (χ4v) is 2.73. The van der Waals surface area contributed by atoms with E-state index in [-0.39, 0.29) is 11.7 Å². The average Bonchev–Trinajstić information content (AvgIpc) is 2.51. The Morgan fingerprint density at radius 3 is 2.71 bits per heavy atom. The Hall–Kier alpha value is -2.15. The minimum Gasteiger partial charge on any atom is -0.370 e. The van der Waals surface area contributed by atoms with Crippen molar-refractivity contribution in [3.63, 3.8) is 0 Å². The van der Waals surface area contributed by atoms with Crippen molar-refractivity contribution in [1.29, 1.82) is 0 Å². The normalized spacial score (nSPS) is 19.7. The van der Waals surface area contributed by atoms with Crippen molar-refractivity contribution in [2.24, 2.45) is 11.1 Å². The fraction of sp³-hybridized carbons (Fsp3) is 0.529. The molecule has 0 radical (unpaired) electrons. The van der Waals surface area contributed by atoms with Crippen molar-refractivity contribution in [3.05, 3.63) is 35.6 Å². The minimum absolute atomic E-state index is 0.217. The van der Waals surface area contributed by atoms with Crippen LogP contribution < -0.4 is 11.1 Å². The molecule has 7 heteroatoms. The lowest BCUT2D eigenvalue weighted by atomic mass is 9.85. The van der Waals surface area contributed by atoms with Gasteiger partial charge in [0.2, 0.25) is 5.91 Å². The van der Waals surface area contributed by atoms with Gasteiger partial charge in [-0.1, -0.05) is 32.9 Å². The summed E-state index contributed by atoms with van der Waals surface area (Å²) in [6, 6.07) is 4.68. The summed E-state index contributed by atoms with van der Waals surface area (Å²) in [6.45, 7) is 6.63. The molecule has 0 spiro atoms. The molecule has 132 valence electrons. The predicted octanol–water partition coefficient (Wildman–Crippen LogP) is 1.81. The zero-order chi connectivity index (χ0) is 17.9. The van der Waals surface area contributed by atoms with Crippen LogP contribution in [0.4, 0.5) is 9.18 Å². The number of rotatable bonds is 3. The van der Waals surface area contributed by atoms with Crippen LogP contribution >= 0.6 is 0 Å². The largest absolute Gasteiger partial charge is 0.370 e. The number of carbonyl (C=O) groups is 2. The summed E-state index contributed by atoms with van der Waals surface area (Å²) in [6.07, 6.45) is -0.396. The third-order valence-corrected chi connectivity index (χ3v) is 4.00. The minimum atomic E-state index is -0.738. The van der Waals surface area contributed by atoms with Crippen molar-refractivity contribution < 1.29 is 18.7 Å². The Morgan fingerprint density at radius 1 is 1.42 bits per heavy atom. The summed E-state index contributed by atoms with van der Waals surface area (Å²) < 4.78 is 19.1. The summed E-state index contributed by atoms with van der Waals surface area (Å²) in [5.74, 6) is -0.562. The zero-order valence-corrected chi connectivity index (χ0v) is 14.2. The second kappa shape index (κ2) is 7.17. The molecule has 0 aromatic heterocycles. The molecule has 0 saturated carbocycles. The van der Waals surface area contributed by atoms with Gasteiger partial charge in [-0.05, 0) is 23.1 Å². The summed E-state index contributed by atoms with van der Waals surface area (Å²) >= 11 is 0. The summed E-state index contributed by atoms with van der Waals surface area (Å²) in [7, 11) is 0. The van der Waals surface area contributed by atoms with Crippen molar-refractivity contribution in [3.8, 4) is 0 Å². The lowest BCUT2D eigenvalue weighted by Crippen LogP contribution is -2.57. The highest BCUT2D eigenvalue weighted by Crippen LogP contribution is 2.26. The molecule has 2 rings (SSSR count). The van der Waals surface area contributed by atoms with E-state index in [4.69, 9.17) is 10.5 Å². The molecular weight excluding hydrogens is 313 g/mol. The van der Waals surface area contributed by atoms with Crippen LogP contribution in [-0.2, 0) is 9.53 Å². The van der Waals surface area contributed by atoms with Gasteiger partial charge < -0.3 is 20.7 Å². The van der Waals surface area contributed by atoms with Gasteiger partial charge in [-0.3, -0.25) is 4.79 Å². The Kier molecular flexibility index (Phi) is 5.43. The Morgan fingerprint density at radius 2 is 2.12 bits per heavy atom. The number of morpholine rings is 1. The van der Waals surface area contributed by atoms with Crippen molar-refractivity contribution >= 4 is 11.9 Å². The zero-order valence-electron chi connectivity index (χ0n) is 14.2. The molecule has 2 atom stereocenters. The highest BCUT2D eigenvalue weighted by molar-refractivity contribution is 5.87. The van der Waals surface area contributed by atoms with E-state index in [1.54, 1.807) is 17.0 Å². The Labute approximate surface area is 141 Å². The monoisotopic (exact) mass is 337 g/mol. The molecule has 1 heterocycles. The van der Waals surface area contributed by atoms with E-state index in [1.165, 1.54) is 12.1 Å². The molecule has 1 aromatic carbocycles. The van der Waals surface area contributed by atoms with E-state index in [2.05, 4.69) is 5.32 Å². The standard InChI is InChI=1S/C17H24FN3O3/c1-17(2,3)14(20-16(19)23)15(22)21-7-8-24-13(10-21)11-5-4-6-12(18)9-11/h4-6,9,13-14H,7-8,10H2,1-3H3,(H3,19,20,23)/t13-,14+/m1/s1. The first-order chi connectivity index (χ1) is 11.2. The lowest BCUT2D eigenvalue weighted by Gasteiger charge is -2.38. The second-order valence-electron chi connectivity index (χ2n) is 7.01. The molecule has 3 amide bonds. The van der Waals surface area contributed by atoms with E-state index >= 15 is 0 Å². The number of urea groups is 1. The van der Waals surface area contributed by atoms with Crippen molar-refractivity contribution in [2.45, 2.75) is 32.9 Å². The summed E-state index contributed by atoms with van der Waals surface area (Å²) in [4.78, 5) is 25.7. The van der Waals surface area contributed by atoms with E-state index in [0.717, 1.165) is 0 Å². The molecule has 1 fully saturated rings. The van der Waals surface area contributed by atoms with Crippen LogP contribution in [0.5, 0.6) is 0 Å². The number of halogens is 1. The van der Waals surface area contributed by atoms with E-state index in [0.29, 0.717) is 25.3 Å². The maximum absolute atomic E-state index is 13.4. The molecule has 0 aliphatic carbocycles. The Balaban J connectivity index is 2.15. The molecule has 1 saturated heterocycles. The first-order valence-corrected chi connectivity index (χ1v) is 7.90. The molecule has 24 heavy (non-hydrogen) atoms. The maximum atomic E-state index is 13.4.